The number of nitrogens with zero attached hydrogens (tertiary/aromatic N) is 2. The van der Waals surface area contributed by atoms with Crippen LogP contribution in [0.1, 0.15) is 43.9 Å². The van der Waals surface area contributed by atoms with Crippen LogP contribution in [0.5, 0.6) is 0 Å². The van der Waals surface area contributed by atoms with Crippen LogP contribution in [0, 0.1) is 5.92 Å². The van der Waals surface area contributed by atoms with Crippen LogP contribution in [-0.4, -0.2) is 27.9 Å². The first kappa shape index (κ1) is 13.0. The quantitative estimate of drug-likeness (QED) is 0.798. The third-order valence-electron chi connectivity index (χ3n) is 3.20. The van der Waals surface area contributed by atoms with Crippen LogP contribution in [-0.2, 0) is 22.6 Å². The topological polar surface area (TPSA) is 85.5 Å². The maximum atomic E-state index is 10.3. The molecule has 1 N–H and O–H groups in total. The normalized spacial score (nSPS) is 16.2. The summed E-state index contributed by atoms with van der Waals surface area (Å²) in [5.41, 5.74) is 0. The van der Waals surface area contributed by atoms with Gasteiger partial charge in [-0.25, -0.2) is 4.79 Å². The van der Waals surface area contributed by atoms with Crippen LogP contribution < -0.4 is 0 Å². The molecule has 1 aliphatic carbocycles. The lowest BCUT2D eigenvalue weighted by Gasteiger charge is -2.04. The number of carbonyl (C=O) groups is 1. The van der Waals surface area contributed by atoms with E-state index >= 15 is 0 Å². The largest absolute Gasteiger partial charge is 0.480 e. The number of aliphatic carboxylic acids is 1. The van der Waals surface area contributed by atoms with E-state index < -0.39 is 5.97 Å². The van der Waals surface area contributed by atoms with Gasteiger partial charge in [0.15, 0.2) is 0 Å². The van der Waals surface area contributed by atoms with Crippen molar-refractivity contribution in [1.29, 1.82) is 0 Å². The number of aromatic nitrogens is 2. The predicted molar refractivity (Wildman–Crippen MR) is 61.9 cm³/mol. The minimum atomic E-state index is -1.00. The maximum Gasteiger partial charge on any atom is 0.329 e. The van der Waals surface area contributed by atoms with Gasteiger partial charge in [0.05, 0.1) is 0 Å². The fourth-order valence-electron chi connectivity index (χ4n) is 2.30. The van der Waals surface area contributed by atoms with E-state index in [0.29, 0.717) is 11.8 Å². The van der Waals surface area contributed by atoms with Crippen LogP contribution in [0.25, 0.3) is 0 Å². The van der Waals surface area contributed by atoms with E-state index in [2.05, 4.69) is 10.2 Å². The van der Waals surface area contributed by atoms with Crippen molar-refractivity contribution in [2.75, 3.05) is 6.61 Å². The molecule has 0 amide bonds. The first-order chi connectivity index (χ1) is 8.74. The molecule has 1 saturated carbocycles. The number of aryl methyl sites for hydroxylation is 1. The Morgan fingerprint density at radius 2 is 2.06 bits per heavy atom. The number of carboxylic acids is 1. The zero-order chi connectivity index (χ0) is 12.8. The van der Waals surface area contributed by atoms with Crippen LogP contribution >= 0.6 is 0 Å². The number of carboxylic acid groups (broad SMARTS) is 1. The van der Waals surface area contributed by atoms with Crippen molar-refractivity contribution in [2.45, 2.75) is 45.1 Å². The molecule has 100 valence electrons. The predicted octanol–water partition coefficient (Wildman–Crippen LogP) is 1.79. The second-order valence-corrected chi connectivity index (χ2v) is 4.67. The van der Waals surface area contributed by atoms with Gasteiger partial charge in [0.25, 0.3) is 0 Å². The van der Waals surface area contributed by atoms with Crippen LogP contribution in [0.3, 0.4) is 0 Å². The lowest BCUT2D eigenvalue weighted by atomic mass is 10.0. The Kier molecular flexibility index (Phi) is 4.69. The fourth-order valence-corrected chi connectivity index (χ4v) is 2.30. The van der Waals surface area contributed by atoms with E-state index in [-0.39, 0.29) is 13.2 Å². The second kappa shape index (κ2) is 6.49. The van der Waals surface area contributed by atoms with Crippen molar-refractivity contribution in [3.05, 3.63) is 11.8 Å². The number of hydrogen-bond acceptors (Lipinski definition) is 5. The van der Waals surface area contributed by atoms with E-state index in [4.69, 9.17) is 14.3 Å². The summed E-state index contributed by atoms with van der Waals surface area (Å²) < 4.78 is 10.3. The van der Waals surface area contributed by atoms with Crippen molar-refractivity contribution >= 4 is 5.97 Å². The van der Waals surface area contributed by atoms with Gasteiger partial charge in [0.2, 0.25) is 11.8 Å². The Bertz CT molecular complexity index is 385. The molecule has 1 aromatic rings. The van der Waals surface area contributed by atoms with Gasteiger partial charge in [0.1, 0.15) is 13.2 Å². The van der Waals surface area contributed by atoms with Crippen LogP contribution in [0.4, 0.5) is 0 Å². The molecule has 0 aromatic carbocycles. The Balaban J connectivity index is 1.70. The molecule has 6 heteroatoms. The number of rotatable bonds is 7. The average Bonchev–Trinajstić information content (AvgIpc) is 2.96. The lowest BCUT2D eigenvalue weighted by Crippen LogP contribution is -2.06. The van der Waals surface area contributed by atoms with E-state index in [1.54, 1.807) is 0 Å². The van der Waals surface area contributed by atoms with Crippen molar-refractivity contribution in [1.82, 2.24) is 10.2 Å². The molecule has 0 bridgehead atoms. The molecule has 6 nitrogen and oxygen atoms in total. The second-order valence-electron chi connectivity index (χ2n) is 4.67. The summed E-state index contributed by atoms with van der Waals surface area (Å²) in [6.07, 6.45) is 7.19. The summed E-state index contributed by atoms with van der Waals surface area (Å²) in [5.74, 6) is 0.757. The SMILES string of the molecule is O=C(O)COCc1nnc(CCC2CCCC2)o1. The highest BCUT2D eigenvalue weighted by Gasteiger charge is 2.16. The molecule has 1 heterocycles. The minimum absolute atomic E-state index is 0.0583. The molecule has 0 atom stereocenters. The Labute approximate surface area is 105 Å². The van der Waals surface area contributed by atoms with E-state index in [1.165, 1.54) is 25.7 Å². The summed E-state index contributed by atoms with van der Waals surface area (Å²) >= 11 is 0. The Hall–Kier alpha value is -1.43. The third-order valence-corrected chi connectivity index (χ3v) is 3.20. The zero-order valence-corrected chi connectivity index (χ0v) is 10.3. The van der Waals surface area contributed by atoms with E-state index in [9.17, 15) is 4.79 Å². The smallest absolute Gasteiger partial charge is 0.329 e. The van der Waals surface area contributed by atoms with Gasteiger partial charge in [-0.05, 0) is 12.3 Å². The Morgan fingerprint density at radius 3 is 2.78 bits per heavy atom. The number of hydrogen-bond donors (Lipinski definition) is 1. The summed E-state index contributed by atoms with van der Waals surface area (Å²) in [5, 5.41) is 16.2. The summed E-state index contributed by atoms with van der Waals surface area (Å²) in [7, 11) is 0. The van der Waals surface area contributed by atoms with Crippen LogP contribution in [0.15, 0.2) is 4.42 Å². The molecule has 0 unspecified atom stereocenters. The maximum absolute atomic E-state index is 10.3. The first-order valence-corrected chi connectivity index (χ1v) is 6.35. The highest BCUT2D eigenvalue weighted by atomic mass is 16.5. The van der Waals surface area contributed by atoms with Crippen molar-refractivity contribution < 1.29 is 19.1 Å². The molecule has 1 aromatic heterocycles. The fraction of sp³-hybridized carbons (Fsp3) is 0.750. The molecule has 0 aliphatic heterocycles. The molecular formula is C12H18N2O4. The zero-order valence-electron chi connectivity index (χ0n) is 10.3. The van der Waals surface area contributed by atoms with E-state index in [1.807, 2.05) is 0 Å². The van der Waals surface area contributed by atoms with Gasteiger partial charge < -0.3 is 14.3 Å². The van der Waals surface area contributed by atoms with E-state index in [0.717, 1.165) is 18.8 Å². The summed E-state index contributed by atoms with van der Waals surface area (Å²) in [6, 6.07) is 0. The van der Waals surface area contributed by atoms with Gasteiger partial charge >= 0.3 is 5.97 Å². The molecular weight excluding hydrogens is 236 g/mol. The highest BCUT2D eigenvalue weighted by Crippen LogP contribution is 2.28. The average molecular weight is 254 g/mol. The minimum Gasteiger partial charge on any atom is -0.480 e. The molecule has 1 fully saturated rings. The van der Waals surface area contributed by atoms with Gasteiger partial charge in [-0.15, -0.1) is 10.2 Å². The van der Waals surface area contributed by atoms with Gasteiger partial charge in [-0.1, -0.05) is 25.7 Å². The molecule has 0 saturated heterocycles. The van der Waals surface area contributed by atoms with Gasteiger partial charge in [0, 0.05) is 6.42 Å². The lowest BCUT2D eigenvalue weighted by molar-refractivity contribution is -0.142. The molecule has 2 rings (SSSR count). The summed E-state index contributed by atoms with van der Waals surface area (Å²) in [6.45, 7) is -0.289. The molecule has 0 spiro atoms. The molecule has 1 aliphatic rings. The monoisotopic (exact) mass is 254 g/mol. The standard InChI is InChI=1S/C12H18N2O4/c15-12(16)8-17-7-11-14-13-10(18-11)6-5-9-3-1-2-4-9/h9H,1-8H2,(H,15,16). The van der Waals surface area contributed by atoms with Crippen LogP contribution in [0.2, 0.25) is 0 Å². The van der Waals surface area contributed by atoms with Crippen molar-refractivity contribution in [2.24, 2.45) is 5.92 Å². The third kappa shape index (κ3) is 4.10. The molecule has 0 radical (unpaired) electrons. The van der Waals surface area contributed by atoms with Crippen molar-refractivity contribution in [3.63, 3.8) is 0 Å². The van der Waals surface area contributed by atoms with Gasteiger partial charge in [-0.3, -0.25) is 0 Å². The van der Waals surface area contributed by atoms with Crippen molar-refractivity contribution in [3.8, 4) is 0 Å². The van der Waals surface area contributed by atoms with Gasteiger partial charge in [-0.2, -0.15) is 0 Å². The molecule has 18 heavy (non-hydrogen) atoms. The highest BCUT2D eigenvalue weighted by molar-refractivity contribution is 5.67. The number of ether oxygens (including phenoxy) is 1. The summed E-state index contributed by atoms with van der Waals surface area (Å²) in [4.78, 5) is 10.3. The Morgan fingerprint density at radius 1 is 1.33 bits per heavy atom. The first-order valence-electron chi connectivity index (χ1n) is 6.35.